The summed E-state index contributed by atoms with van der Waals surface area (Å²) in [6, 6.07) is 4.15. The SMILES string of the molecule is C[C@@H](N)COc1cc2c(cc1Nc1ncnc3sc4c(c13)CC[C@H](C(=O)N1CCOC[C@@H]1C)C4)C=NC2. The minimum Gasteiger partial charge on any atom is -0.490 e. The molecule has 3 atom stereocenters. The van der Waals surface area contributed by atoms with Crippen LogP contribution in [0.4, 0.5) is 11.5 Å². The summed E-state index contributed by atoms with van der Waals surface area (Å²) in [4.78, 5) is 31.1. The summed E-state index contributed by atoms with van der Waals surface area (Å²) in [5.74, 6) is 1.75. The first-order chi connectivity index (χ1) is 18.0. The summed E-state index contributed by atoms with van der Waals surface area (Å²) < 4.78 is 11.6. The van der Waals surface area contributed by atoms with Crippen molar-refractivity contribution in [3.63, 3.8) is 0 Å². The molecule has 2 aromatic heterocycles. The van der Waals surface area contributed by atoms with Crippen LogP contribution < -0.4 is 15.8 Å². The minimum atomic E-state index is -0.0805. The van der Waals surface area contributed by atoms with Gasteiger partial charge in [-0.1, -0.05) is 0 Å². The number of aryl methyl sites for hydroxylation is 1. The number of nitrogens with two attached hydrogens (primary N) is 1. The van der Waals surface area contributed by atoms with Gasteiger partial charge in [0, 0.05) is 29.6 Å². The van der Waals surface area contributed by atoms with Gasteiger partial charge in [-0.2, -0.15) is 0 Å². The van der Waals surface area contributed by atoms with Crippen molar-refractivity contribution in [3.8, 4) is 5.75 Å². The molecule has 4 heterocycles. The van der Waals surface area contributed by atoms with Crippen LogP contribution in [0.5, 0.6) is 5.75 Å². The van der Waals surface area contributed by atoms with E-state index in [1.54, 1.807) is 17.7 Å². The topological polar surface area (TPSA) is 115 Å². The Kier molecular flexibility index (Phi) is 6.56. The lowest BCUT2D eigenvalue weighted by atomic mass is 9.86. The molecule has 3 N–H and O–H groups in total. The number of rotatable bonds is 6. The van der Waals surface area contributed by atoms with Crippen LogP contribution in [0.3, 0.4) is 0 Å². The van der Waals surface area contributed by atoms with E-state index in [1.807, 2.05) is 24.1 Å². The first kappa shape index (κ1) is 24.3. The number of aromatic nitrogens is 2. The molecule has 37 heavy (non-hydrogen) atoms. The molecule has 9 nitrogen and oxygen atoms in total. The first-order valence-corrected chi connectivity index (χ1v) is 13.7. The normalized spacial score (nSPS) is 21.5. The van der Waals surface area contributed by atoms with Crippen molar-refractivity contribution in [3.05, 3.63) is 40.0 Å². The smallest absolute Gasteiger partial charge is 0.226 e. The Morgan fingerprint density at radius 1 is 1.38 bits per heavy atom. The highest BCUT2D eigenvalue weighted by molar-refractivity contribution is 7.19. The predicted molar refractivity (Wildman–Crippen MR) is 145 cm³/mol. The largest absolute Gasteiger partial charge is 0.490 e. The molecule has 0 bridgehead atoms. The number of nitrogens with zero attached hydrogens (tertiary/aromatic N) is 4. The van der Waals surface area contributed by atoms with E-state index in [2.05, 4.69) is 33.3 Å². The maximum absolute atomic E-state index is 13.3. The highest BCUT2D eigenvalue weighted by Gasteiger charge is 2.34. The Morgan fingerprint density at radius 3 is 3.11 bits per heavy atom. The van der Waals surface area contributed by atoms with E-state index in [0.717, 1.165) is 57.9 Å². The van der Waals surface area contributed by atoms with Gasteiger partial charge in [0.1, 0.15) is 29.3 Å². The number of aliphatic imine (C=N–C) groups is 1. The molecule has 1 amide bonds. The zero-order valence-electron chi connectivity index (χ0n) is 21.2. The van der Waals surface area contributed by atoms with Crippen LogP contribution in [-0.4, -0.2) is 65.4 Å². The lowest BCUT2D eigenvalue weighted by Gasteiger charge is -2.36. The van der Waals surface area contributed by atoms with E-state index < -0.39 is 0 Å². The zero-order valence-corrected chi connectivity index (χ0v) is 22.0. The van der Waals surface area contributed by atoms with Gasteiger partial charge in [0.2, 0.25) is 5.91 Å². The fraction of sp³-hybridized carbons (Fsp3) is 0.481. The summed E-state index contributed by atoms with van der Waals surface area (Å²) >= 11 is 1.68. The minimum absolute atomic E-state index is 0.000246. The summed E-state index contributed by atoms with van der Waals surface area (Å²) in [7, 11) is 0. The highest BCUT2D eigenvalue weighted by Crippen LogP contribution is 2.42. The van der Waals surface area contributed by atoms with Gasteiger partial charge in [0.25, 0.3) is 0 Å². The highest BCUT2D eigenvalue weighted by atomic mass is 32.1. The second-order valence-electron chi connectivity index (χ2n) is 10.2. The van der Waals surface area contributed by atoms with Gasteiger partial charge < -0.3 is 25.4 Å². The van der Waals surface area contributed by atoms with Gasteiger partial charge in [0.05, 0.1) is 36.9 Å². The molecule has 6 rings (SSSR count). The number of nitrogens with one attached hydrogen (secondary N) is 1. The van der Waals surface area contributed by atoms with Crippen molar-refractivity contribution in [1.29, 1.82) is 0 Å². The van der Waals surface area contributed by atoms with E-state index in [4.69, 9.17) is 15.2 Å². The van der Waals surface area contributed by atoms with Crippen LogP contribution in [0.25, 0.3) is 10.2 Å². The monoisotopic (exact) mass is 520 g/mol. The average molecular weight is 521 g/mol. The molecular weight excluding hydrogens is 488 g/mol. The summed E-state index contributed by atoms with van der Waals surface area (Å²) in [6.45, 7) is 6.96. The number of thiophene rings is 1. The molecule has 3 aliphatic rings. The van der Waals surface area contributed by atoms with Crippen LogP contribution >= 0.6 is 11.3 Å². The molecule has 1 fully saturated rings. The maximum atomic E-state index is 13.3. The molecule has 10 heteroatoms. The van der Waals surface area contributed by atoms with Crippen LogP contribution in [0.2, 0.25) is 0 Å². The Balaban J connectivity index is 1.30. The Labute approximate surface area is 220 Å². The van der Waals surface area contributed by atoms with Crippen LogP contribution in [0.1, 0.15) is 41.8 Å². The van der Waals surface area contributed by atoms with Crippen LogP contribution in [0.15, 0.2) is 23.5 Å². The third-order valence-corrected chi connectivity index (χ3v) is 8.50. The third-order valence-electron chi connectivity index (χ3n) is 7.33. The van der Waals surface area contributed by atoms with Crippen molar-refractivity contribution >= 4 is 45.2 Å². The molecule has 1 aromatic carbocycles. The lowest BCUT2D eigenvalue weighted by Crippen LogP contribution is -2.50. The first-order valence-electron chi connectivity index (χ1n) is 12.9. The second kappa shape index (κ2) is 10.00. The van der Waals surface area contributed by atoms with E-state index in [0.29, 0.717) is 32.9 Å². The number of fused-ring (bicyclic) bond motifs is 4. The quantitative estimate of drug-likeness (QED) is 0.512. The predicted octanol–water partition coefficient (Wildman–Crippen LogP) is 3.45. The molecule has 0 unspecified atom stereocenters. The van der Waals surface area contributed by atoms with Gasteiger partial charge in [-0.3, -0.25) is 9.79 Å². The Morgan fingerprint density at radius 2 is 2.27 bits per heavy atom. The molecule has 194 valence electrons. The number of anilines is 2. The van der Waals surface area contributed by atoms with Crippen molar-refractivity contribution in [2.45, 2.75) is 51.7 Å². The summed E-state index contributed by atoms with van der Waals surface area (Å²) in [6.07, 6.45) is 5.90. The van der Waals surface area contributed by atoms with Gasteiger partial charge in [-0.05, 0) is 61.9 Å². The fourth-order valence-electron chi connectivity index (χ4n) is 5.41. The molecule has 0 radical (unpaired) electrons. The number of morpholine rings is 1. The van der Waals surface area contributed by atoms with E-state index >= 15 is 0 Å². The van der Waals surface area contributed by atoms with Gasteiger partial charge >= 0.3 is 0 Å². The number of benzene rings is 1. The summed E-state index contributed by atoms with van der Waals surface area (Å²) in [5.41, 5.74) is 10.3. The van der Waals surface area contributed by atoms with Gasteiger partial charge in [-0.15, -0.1) is 11.3 Å². The number of hydrogen-bond donors (Lipinski definition) is 2. The summed E-state index contributed by atoms with van der Waals surface area (Å²) in [5, 5.41) is 4.58. The molecular formula is C27H32N6O3S. The number of ether oxygens (including phenoxy) is 2. The molecule has 1 saturated heterocycles. The Bertz CT molecular complexity index is 1370. The van der Waals surface area contributed by atoms with Crippen molar-refractivity contribution in [2.75, 3.05) is 31.7 Å². The molecule has 0 spiro atoms. The van der Waals surface area contributed by atoms with Crippen molar-refractivity contribution in [1.82, 2.24) is 14.9 Å². The zero-order chi connectivity index (χ0) is 25.5. The molecule has 0 saturated carbocycles. The number of carbonyl (C=O) groups is 1. The molecule has 2 aliphatic heterocycles. The number of carbonyl (C=O) groups excluding carboxylic acids is 1. The van der Waals surface area contributed by atoms with E-state index in [-0.39, 0.29) is 23.9 Å². The van der Waals surface area contributed by atoms with Crippen LogP contribution in [0, 0.1) is 5.92 Å². The van der Waals surface area contributed by atoms with Gasteiger partial charge in [0.15, 0.2) is 0 Å². The third kappa shape index (κ3) is 4.69. The number of hydrogen-bond acceptors (Lipinski definition) is 9. The Hall–Kier alpha value is -3.08. The second-order valence-corrected chi connectivity index (χ2v) is 11.3. The fourth-order valence-corrected chi connectivity index (χ4v) is 6.68. The standard InChI is InChI=1S/C27H32N6O3S/c1-15(28)12-36-22-8-19-11-29-10-18(19)7-21(22)32-25-24-20-4-3-17(9-23(20)37-26(24)31-14-30-25)27(34)33-5-6-35-13-16(33)2/h7-8,10,14-17H,3-6,9,11-13,28H2,1-2H3,(H,30,31,32)/t15-,16+,17+/m1/s1. The van der Waals surface area contributed by atoms with Gasteiger partial charge in [-0.25, -0.2) is 9.97 Å². The molecule has 1 aliphatic carbocycles. The average Bonchev–Trinajstić information content (AvgIpc) is 3.51. The lowest BCUT2D eigenvalue weighted by molar-refractivity contribution is -0.143. The van der Waals surface area contributed by atoms with Crippen molar-refractivity contribution in [2.24, 2.45) is 16.6 Å². The van der Waals surface area contributed by atoms with Crippen LogP contribution in [-0.2, 0) is 28.9 Å². The van der Waals surface area contributed by atoms with E-state index in [9.17, 15) is 4.79 Å². The maximum Gasteiger partial charge on any atom is 0.226 e. The molecule has 3 aromatic rings. The van der Waals surface area contributed by atoms with E-state index in [1.165, 1.54) is 10.4 Å². The van der Waals surface area contributed by atoms with Crippen molar-refractivity contribution < 1.29 is 14.3 Å². The number of amides is 1.